The zero-order valence-electron chi connectivity index (χ0n) is 8.71. The van der Waals surface area contributed by atoms with Crippen molar-refractivity contribution in [3.05, 3.63) is 0 Å². The number of alkyl halides is 1. The van der Waals surface area contributed by atoms with Gasteiger partial charge in [0.25, 0.3) is 0 Å². The number of halogens is 1. The summed E-state index contributed by atoms with van der Waals surface area (Å²) in [5, 5.41) is 8.89. The van der Waals surface area contributed by atoms with E-state index in [9.17, 15) is 0 Å². The molecule has 1 saturated carbocycles. The maximum Gasteiger partial charge on any atom is 0.0558 e. The summed E-state index contributed by atoms with van der Waals surface area (Å²) in [6.07, 6.45) is 5.31. The molecule has 0 amide bonds. The second-order valence-electron chi connectivity index (χ2n) is 5.01. The molecule has 0 aromatic heterocycles. The summed E-state index contributed by atoms with van der Waals surface area (Å²) in [7, 11) is 0. The highest BCUT2D eigenvalue weighted by molar-refractivity contribution is 6.18. The van der Waals surface area contributed by atoms with Crippen LogP contribution in [0.5, 0.6) is 0 Å². The average Bonchev–Trinajstić information content (AvgIpc) is 2.76. The molecule has 2 nitrogen and oxygen atoms in total. The lowest BCUT2D eigenvalue weighted by molar-refractivity contribution is 0.199. The van der Waals surface area contributed by atoms with Gasteiger partial charge in [-0.25, -0.2) is 0 Å². The quantitative estimate of drug-likeness (QED) is 0.728. The molecule has 2 rings (SSSR count). The number of aliphatic hydroxyl groups is 1. The first-order chi connectivity index (χ1) is 6.78. The number of likely N-dealkylation sites (tertiary alicyclic amines) is 1. The fourth-order valence-electron chi connectivity index (χ4n) is 3.19. The van der Waals surface area contributed by atoms with E-state index in [2.05, 4.69) is 4.90 Å². The van der Waals surface area contributed by atoms with E-state index in [0.717, 1.165) is 18.3 Å². The summed E-state index contributed by atoms with van der Waals surface area (Å²) in [6.45, 7) is 3.53. The van der Waals surface area contributed by atoms with E-state index in [-0.39, 0.29) is 0 Å². The van der Waals surface area contributed by atoms with Crippen molar-refractivity contribution in [1.29, 1.82) is 0 Å². The van der Waals surface area contributed by atoms with Crippen LogP contribution in [0.3, 0.4) is 0 Å². The summed E-state index contributed by atoms with van der Waals surface area (Å²) < 4.78 is 0. The Morgan fingerprint density at radius 3 is 2.93 bits per heavy atom. The second-order valence-corrected chi connectivity index (χ2v) is 5.32. The molecule has 0 radical (unpaired) electrons. The highest BCUT2D eigenvalue weighted by Gasteiger charge is 2.43. The van der Waals surface area contributed by atoms with Crippen LogP contribution in [0, 0.1) is 11.3 Å². The van der Waals surface area contributed by atoms with E-state index in [1.165, 1.54) is 38.8 Å². The van der Waals surface area contributed by atoms with Crippen molar-refractivity contribution in [3.63, 3.8) is 0 Å². The van der Waals surface area contributed by atoms with Gasteiger partial charge in [-0.05, 0) is 43.6 Å². The predicted octanol–water partition coefficient (Wildman–Crippen LogP) is 1.71. The van der Waals surface area contributed by atoms with E-state index in [0.29, 0.717) is 12.0 Å². The minimum Gasteiger partial charge on any atom is -0.395 e. The number of hydrogen-bond acceptors (Lipinski definition) is 2. The lowest BCUT2D eigenvalue weighted by atomic mass is 9.85. The Kier molecular flexibility index (Phi) is 3.35. The van der Waals surface area contributed by atoms with Gasteiger partial charge < -0.3 is 10.0 Å². The van der Waals surface area contributed by atoms with Crippen LogP contribution in [0.25, 0.3) is 0 Å². The zero-order valence-corrected chi connectivity index (χ0v) is 9.47. The fraction of sp³-hybridized carbons (Fsp3) is 1.00. The van der Waals surface area contributed by atoms with Gasteiger partial charge >= 0.3 is 0 Å². The maximum absolute atomic E-state index is 8.89. The van der Waals surface area contributed by atoms with Gasteiger partial charge in [0.2, 0.25) is 0 Å². The highest BCUT2D eigenvalue weighted by atomic mass is 35.5. The van der Waals surface area contributed by atoms with Crippen molar-refractivity contribution >= 4 is 11.6 Å². The molecule has 0 bridgehead atoms. The lowest BCUT2D eigenvalue weighted by Gasteiger charge is -2.23. The van der Waals surface area contributed by atoms with Gasteiger partial charge in [0, 0.05) is 19.0 Å². The third kappa shape index (κ3) is 2.07. The van der Waals surface area contributed by atoms with Crippen molar-refractivity contribution in [3.8, 4) is 0 Å². The molecule has 0 aromatic carbocycles. The fourth-order valence-corrected chi connectivity index (χ4v) is 3.45. The highest BCUT2D eigenvalue weighted by Crippen LogP contribution is 2.48. The number of β-amino-alcohol motifs (C(OH)–C–C–N with tert-alkyl or cyclic N) is 1. The maximum atomic E-state index is 8.89. The summed E-state index contributed by atoms with van der Waals surface area (Å²) in [6, 6.07) is 0. The standard InChI is InChI=1S/C11H20ClNO/c12-8-10-1-2-11(7-10)3-4-13(9-11)5-6-14/h10,14H,1-9H2. The van der Waals surface area contributed by atoms with Crippen LogP contribution >= 0.6 is 11.6 Å². The van der Waals surface area contributed by atoms with Crippen molar-refractivity contribution in [2.75, 3.05) is 32.1 Å². The Bertz CT molecular complexity index is 200. The van der Waals surface area contributed by atoms with Crippen molar-refractivity contribution in [2.45, 2.75) is 25.7 Å². The van der Waals surface area contributed by atoms with Crippen LogP contribution < -0.4 is 0 Å². The van der Waals surface area contributed by atoms with Crippen LogP contribution in [-0.2, 0) is 0 Å². The Hall–Kier alpha value is 0.210. The van der Waals surface area contributed by atoms with Crippen LogP contribution in [0.1, 0.15) is 25.7 Å². The Morgan fingerprint density at radius 2 is 2.29 bits per heavy atom. The molecule has 1 heterocycles. The average molecular weight is 218 g/mol. The smallest absolute Gasteiger partial charge is 0.0558 e. The Balaban J connectivity index is 1.87. The normalized spacial score (nSPS) is 38.6. The topological polar surface area (TPSA) is 23.5 Å². The molecule has 82 valence electrons. The summed E-state index contributed by atoms with van der Waals surface area (Å²) >= 11 is 5.91. The SMILES string of the molecule is OCCN1CCC2(CCC(CCl)C2)C1. The molecule has 1 aliphatic heterocycles. The molecule has 3 heteroatoms. The minimum atomic E-state index is 0.301. The minimum absolute atomic E-state index is 0.301. The molecule has 2 atom stereocenters. The van der Waals surface area contributed by atoms with Crippen molar-refractivity contribution < 1.29 is 5.11 Å². The molecule has 2 aliphatic rings. The molecule has 0 aromatic rings. The first-order valence-corrected chi connectivity index (χ1v) is 6.21. The number of aliphatic hydroxyl groups excluding tert-OH is 1. The van der Waals surface area contributed by atoms with Gasteiger partial charge in [-0.1, -0.05) is 0 Å². The van der Waals surface area contributed by atoms with E-state index < -0.39 is 0 Å². The van der Waals surface area contributed by atoms with Crippen LogP contribution in [0.4, 0.5) is 0 Å². The number of rotatable bonds is 3. The van der Waals surface area contributed by atoms with Crippen LogP contribution in [0.15, 0.2) is 0 Å². The monoisotopic (exact) mass is 217 g/mol. The third-order valence-electron chi connectivity index (χ3n) is 3.96. The second kappa shape index (κ2) is 4.38. The summed E-state index contributed by atoms with van der Waals surface area (Å²) in [5.41, 5.74) is 0.564. The van der Waals surface area contributed by atoms with Crippen molar-refractivity contribution in [2.24, 2.45) is 11.3 Å². The molecule has 2 fully saturated rings. The molecule has 14 heavy (non-hydrogen) atoms. The molecule has 1 N–H and O–H groups in total. The van der Waals surface area contributed by atoms with Crippen LogP contribution in [0.2, 0.25) is 0 Å². The number of nitrogens with zero attached hydrogens (tertiary/aromatic N) is 1. The van der Waals surface area contributed by atoms with Gasteiger partial charge in [-0.15, -0.1) is 11.6 Å². The Labute approximate surface area is 91.2 Å². The van der Waals surface area contributed by atoms with E-state index in [1.807, 2.05) is 0 Å². The first-order valence-electron chi connectivity index (χ1n) is 5.67. The molecule has 2 unspecified atom stereocenters. The molecule has 1 aliphatic carbocycles. The van der Waals surface area contributed by atoms with E-state index in [4.69, 9.17) is 16.7 Å². The van der Waals surface area contributed by atoms with Gasteiger partial charge in [-0.3, -0.25) is 0 Å². The van der Waals surface area contributed by atoms with Gasteiger partial charge in [0.05, 0.1) is 6.61 Å². The molecule has 1 spiro atoms. The van der Waals surface area contributed by atoms with E-state index in [1.54, 1.807) is 0 Å². The lowest BCUT2D eigenvalue weighted by Crippen LogP contribution is -2.27. The largest absolute Gasteiger partial charge is 0.395 e. The predicted molar refractivity (Wildman–Crippen MR) is 58.6 cm³/mol. The van der Waals surface area contributed by atoms with Gasteiger partial charge in [0.15, 0.2) is 0 Å². The van der Waals surface area contributed by atoms with E-state index >= 15 is 0 Å². The van der Waals surface area contributed by atoms with Gasteiger partial charge in [0.1, 0.15) is 0 Å². The molecule has 1 saturated heterocycles. The third-order valence-corrected chi connectivity index (χ3v) is 4.39. The van der Waals surface area contributed by atoms with Crippen LogP contribution in [-0.4, -0.2) is 42.1 Å². The number of hydrogen-bond donors (Lipinski definition) is 1. The molecular formula is C11H20ClNO. The molecular weight excluding hydrogens is 198 g/mol. The zero-order chi connectivity index (χ0) is 10.0. The van der Waals surface area contributed by atoms with Gasteiger partial charge in [-0.2, -0.15) is 0 Å². The Morgan fingerprint density at radius 1 is 1.43 bits per heavy atom. The first kappa shape index (κ1) is 10.7. The van der Waals surface area contributed by atoms with Crippen molar-refractivity contribution in [1.82, 2.24) is 4.90 Å². The summed E-state index contributed by atoms with van der Waals surface area (Å²) in [4.78, 5) is 2.40. The summed E-state index contributed by atoms with van der Waals surface area (Å²) in [5.74, 6) is 1.59.